The van der Waals surface area contributed by atoms with Crippen molar-refractivity contribution in [2.75, 3.05) is 51.0 Å². The van der Waals surface area contributed by atoms with Crippen LogP contribution in [0.3, 0.4) is 0 Å². The Morgan fingerprint density at radius 1 is 1.28 bits per heavy atom. The number of fused-ring (bicyclic) bond motifs is 1. The highest BCUT2D eigenvalue weighted by atomic mass is 19.4. The first-order valence-electron chi connectivity index (χ1n) is 12.9. The van der Waals surface area contributed by atoms with Gasteiger partial charge in [-0.1, -0.05) is 12.1 Å². The van der Waals surface area contributed by atoms with Gasteiger partial charge in [0.25, 0.3) is 11.9 Å². The molecule has 0 bridgehead atoms. The number of hydrogen-bond donors (Lipinski definition) is 2. The number of carbonyl (C=O) groups excluding carboxylic acids is 1. The van der Waals surface area contributed by atoms with Crippen molar-refractivity contribution in [3.8, 4) is 0 Å². The van der Waals surface area contributed by atoms with Gasteiger partial charge in [0.2, 0.25) is 5.76 Å². The largest absolute Gasteiger partial charge is 0.418 e. The van der Waals surface area contributed by atoms with Gasteiger partial charge in [-0.25, -0.2) is 9.37 Å². The van der Waals surface area contributed by atoms with Gasteiger partial charge in [-0.05, 0) is 45.4 Å². The number of rotatable bonds is 9. The zero-order chi connectivity index (χ0) is 28.3. The van der Waals surface area contributed by atoms with Crippen LogP contribution in [0.1, 0.15) is 47.6 Å². The van der Waals surface area contributed by atoms with Crippen LogP contribution in [0.5, 0.6) is 0 Å². The molecule has 39 heavy (non-hydrogen) atoms. The average Bonchev–Trinajstić information content (AvgIpc) is 3.38. The van der Waals surface area contributed by atoms with E-state index in [1.165, 1.54) is 6.20 Å². The van der Waals surface area contributed by atoms with E-state index in [1.807, 2.05) is 11.9 Å². The van der Waals surface area contributed by atoms with Crippen molar-refractivity contribution in [2.45, 2.75) is 50.5 Å². The van der Waals surface area contributed by atoms with E-state index in [0.717, 1.165) is 13.5 Å². The molecule has 12 heteroatoms. The Hall–Kier alpha value is -3.41. The van der Waals surface area contributed by atoms with Crippen molar-refractivity contribution >= 4 is 28.4 Å². The lowest BCUT2D eigenvalue weighted by molar-refractivity contribution is -0.146. The van der Waals surface area contributed by atoms with Crippen molar-refractivity contribution in [3.05, 3.63) is 47.6 Å². The number of aromatic nitrogens is 2. The molecule has 1 amide bonds. The first-order valence-corrected chi connectivity index (χ1v) is 12.9. The fourth-order valence-corrected chi connectivity index (χ4v) is 4.65. The summed E-state index contributed by atoms with van der Waals surface area (Å²) in [4.78, 5) is 24.3. The Balaban J connectivity index is 1.54. The smallest absolute Gasteiger partial charge is 0.397 e. The van der Waals surface area contributed by atoms with E-state index in [-0.39, 0.29) is 18.0 Å². The van der Waals surface area contributed by atoms with Crippen molar-refractivity contribution in [3.63, 3.8) is 0 Å². The zero-order valence-electron chi connectivity index (χ0n) is 22.5. The molecule has 0 radical (unpaired) electrons. The highest BCUT2D eigenvalue weighted by molar-refractivity contribution is 5.96. The number of nitrogens with one attached hydrogen (secondary N) is 2. The summed E-state index contributed by atoms with van der Waals surface area (Å²) >= 11 is 0. The molecule has 3 heterocycles. The minimum absolute atomic E-state index is 0.0688. The second-order valence-corrected chi connectivity index (χ2v) is 10.2. The van der Waals surface area contributed by atoms with Crippen molar-refractivity contribution < 1.29 is 26.8 Å². The summed E-state index contributed by atoms with van der Waals surface area (Å²) in [7, 11) is 5.34. The molecule has 2 aromatic heterocycles. The van der Waals surface area contributed by atoms with E-state index >= 15 is 0 Å². The van der Waals surface area contributed by atoms with Crippen LogP contribution in [0.25, 0.3) is 10.8 Å². The van der Waals surface area contributed by atoms with Gasteiger partial charge in [-0.3, -0.25) is 9.78 Å². The molecule has 0 spiro atoms. The fraction of sp³-hybridized carbons (Fsp3) is 0.519. The maximum absolute atomic E-state index is 14.7. The number of halogens is 4. The van der Waals surface area contributed by atoms with Crippen LogP contribution in [0.2, 0.25) is 0 Å². The summed E-state index contributed by atoms with van der Waals surface area (Å²) in [6, 6.07) is 6.67. The lowest BCUT2D eigenvalue weighted by atomic mass is 9.96. The molecule has 8 nitrogen and oxygen atoms in total. The summed E-state index contributed by atoms with van der Waals surface area (Å²) in [6.07, 6.45) is -2.89. The van der Waals surface area contributed by atoms with Crippen molar-refractivity contribution in [2.24, 2.45) is 0 Å². The number of aryl methyl sites for hydroxylation is 1. The molecule has 2 N–H and O–H groups in total. The number of hydrogen-bond acceptors (Lipinski definition) is 7. The summed E-state index contributed by atoms with van der Waals surface area (Å²) < 4.78 is 61.5. The topological polar surface area (TPSA) is 86.5 Å². The molecule has 0 aliphatic carbocycles. The molecule has 3 atom stereocenters. The molecule has 1 unspecified atom stereocenters. The number of benzene rings is 1. The number of anilines is 2. The van der Waals surface area contributed by atoms with E-state index in [0.29, 0.717) is 54.0 Å². The van der Waals surface area contributed by atoms with E-state index in [4.69, 9.17) is 4.42 Å². The maximum Gasteiger partial charge on any atom is 0.397 e. The second-order valence-electron chi connectivity index (χ2n) is 10.2. The van der Waals surface area contributed by atoms with Crippen molar-refractivity contribution in [1.82, 2.24) is 20.2 Å². The number of amides is 1. The average molecular weight is 551 g/mol. The van der Waals surface area contributed by atoms with Crippen LogP contribution < -0.4 is 15.5 Å². The number of nitrogens with zero attached hydrogens (tertiary/aromatic N) is 4. The standard InChI is InChI=1S/C27H34F4N6O2/c1-16(27(29,30)31)24-18-8-5-9-21(35-22-10-12-37(4)15-20(22)28)19(18)13-17(34-24)7-6-11-32-25(38)23-14-33-26(39-23)36(2)3/h5,8-9,13-14,16,20,22,35H,6-7,10-12,15H2,1-4H3,(H,32,38)/t16?,20-,22+/m0/s1. The molecule has 1 aliphatic rings. The first-order chi connectivity index (χ1) is 18.4. The number of piperidine rings is 1. The van der Waals surface area contributed by atoms with Gasteiger partial charge in [-0.15, -0.1) is 0 Å². The summed E-state index contributed by atoms with van der Waals surface area (Å²) in [5, 5.41) is 6.94. The molecule has 1 aromatic carbocycles. The Morgan fingerprint density at radius 2 is 2.05 bits per heavy atom. The second kappa shape index (κ2) is 11.8. The summed E-state index contributed by atoms with van der Waals surface area (Å²) in [5.74, 6) is -2.15. The Bertz CT molecular complexity index is 1300. The molecule has 0 saturated carbocycles. The van der Waals surface area contributed by atoms with Gasteiger partial charge in [0.1, 0.15) is 6.17 Å². The maximum atomic E-state index is 14.7. The number of pyridine rings is 1. The predicted octanol–water partition coefficient (Wildman–Crippen LogP) is 4.77. The van der Waals surface area contributed by atoms with E-state index in [9.17, 15) is 22.4 Å². The van der Waals surface area contributed by atoms with Gasteiger partial charge in [0.05, 0.1) is 23.9 Å². The number of alkyl halides is 4. The van der Waals surface area contributed by atoms with Crippen LogP contribution in [0.4, 0.5) is 29.3 Å². The molecule has 212 valence electrons. The predicted molar refractivity (Wildman–Crippen MR) is 142 cm³/mol. The first kappa shape index (κ1) is 28.6. The van der Waals surface area contributed by atoms with E-state index in [2.05, 4.69) is 20.6 Å². The quantitative estimate of drug-likeness (QED) is 0.293. The summed E-state index contributed by atoms with van der Waals surface area (Å²) in [5.41, 5.74) is 0.979. The minimum atomic E-state index is -4.48. The fourth-order valence-electron chi connectivity index (χ4n) is 4.65. The van der Waals surface area contributed by atoms with Crippen molar-refractivity contribution in [1.29, 1.82) is 0 Å². The van der Waals surface area contributed by atoms with Gasteiger partial charge >= 0.3 is 6.18 Å². The monoisotopic (exact) mass is 550 g/mol. The summed E-state index contributed by atoms with van der Waals surface area (Å²) in [6.45, 7) is 2.38. The zero-order valence-corrected chi connectivity index (χ0v) is 22.5. The van der Waals surface area contributed by atoms with Crippen LogP contribution in [-0.2, 0) is 6.42 Å². The Morgan fingerprint density at radius 3 is 2.72 bits per heavy atom. The highest BCUT2D eigenvalue weighted by Gasteiger charge is 2.39. The third-order valence-electron chi connectivity index (χ3n) is 6.94. The Kier molecular flexibility index (Phi) is 8.63. The molecule has 3 aromatic rings. The molecule has 1 aliphatic heterocycles. The molecule has 1 fully saturated rings. The third-order valence-corrected chi connectivity index (χ3v) is 6.94. The lowest BCUT2D eigenvalue weighted by Crippen LogP contribution is -2.46. The SMILES string of the molecule is CC(c1nc(CCCNC(=O)c2cnc(N(C)C)o2)cc2c(N[C@@H]3CCN(C)C[C@@H]3F)cccc12)C(F)(F)F. The van der Waals surface area contributed by atoms with Crippen LogP contribution in [-0.4, -0.2) is 79.9 Å². The lowest BCUT2D eigenvalue weighted by Gasteiger charge is -2.33. The number of likely N-dealkylation sites (tertiary alicyclic amines) is 1. The molecule has 4 rings (SSSR count). The number of oxazole rings is 1. The van der Waals surface area contributed by atoms with Crippen LogP contribution in [0.15, 0.2) is 34.9 Å². The molecular formula is C27H34F4N6O2. The van der Waals surface area contributed by atoms with Gasteiger partial charge in [-0.2, -0.15) is 13.2 Å². The van der Waals surface area contributed by atoms with E-state index < -0.39 is 30.2 Å². The number of carbonyl (C=O) groups is 1. The Labute approximate surface area is 224 Å². The highest BCUT2D eigenvalue weighted by Crippen LogP contribution is 2.39. The van der Waals surface area contributed by atoms with Gasteiger partial charge in [0.15, 0.2) is 0 Å². The van der Waals surface area contributed by atoms with Gasteiger partial charge < -0.3 is 24.9 Å². The van der Waals surface area contributed by atoms with E-state index in [1.54, 1.807) is 43.3 Å². The van der Waals surface area contributed by atoms with Crippen LogP contribution in [0, 0.1) is 0 Å². The normalized spacial score (nSPS) is 19.2. The minimum Gasteiger partial charge on any atom is -0.418 e. The molecule has 1 saturated heterocycles. The van der Waals surface area contributed by atoms with Crippen LogP contribution >= 0.6 is 0 Å². The third kappa shape index (κ3) is 6.78. The van der Waals surface area contributed by atoms with Gasteiger partial charge in [0, 0.05) is 55.9 Å². The molecular weight excluding hydrogens is 516 g/mol.